The van der Waals surface area contributed by atoms with Gasteiger partial charge < -0.3 is 4.42 Å². The van der Waals surface area contributed by atoms with Gasteiger partial charge in [-0.1, -0.05) is 31.5 Å². The molecule has 2 aromatic rings. The Bertz CT molecular complexity index is 615. The predicted molar refractivity (Wildman–Crippen MR) is 81.0 cm³/mol. The number of furan rings is 1. The highest BCUT2D eigenvalue weighted by atomic mass is 16.3. The van der Waals surface area contributed by atoms with Crippen molar-refractivity contribution >= 4 is 16.8 Å². The van der Waals surface area contributed by atoms with Crippen LogP contribution in [0.5, 0.6) is 0 Å². The van der Waals surface area contributed by atoms with Gasteiger partial charge in [0.15, 0.2) is 5.76 Å². The van der Waals surface area contributed by atoms with Crippen molar-refractivity contribution in [2.45, 2.75) is 46.0 Å². The van der Waals surface area contributed by atoms with Gasteiger partial charge >= 0.3 is 0 Å². The molecule has 1 aliphatic rings. The van der Waals surface area contributed by atoms with Gasteiger partial charge in [-0.2, -0.15) is 0 Å². The van der Waals surface area contributed by atoms with Crippen molar-refractivity contribution in [2.75, 3.05) is 0 Å². The molecule has 0 amide bonds. The molecular formula is C18H22O2. The Morgan fingerprint density at radius 2 is 2.00 bits per heavy atom. The van der Waals surface area contributed by atoms with Crippen LogP contribution in [0.2, 0.25) is 0 Å². The fourth-order valence-corrected chi connectivity index (χ4v) is 3.36. The van der Waals surface area contributed by atoms with Crippen LogP contribution in [0.3, 0.4) is 0 Å². The first-order valence-corrected chi connectivity index (χ1v) is 7.72. The molecule has 1 fully saturated rings. The molecule has 1 aromatic carbocycles. The lowest BCUT2D eigenvalue weighted by atomic mass is 9.78. The lowest BCUT2D eigenvalue weighted by Gasteiger charge is -2.26. The van der Waals surface area contributed by atoms with Crippen molar-refractivity contribution in [3.63, 3.8) is 0 Å². The van der Waals surface area contributed by atoms with Gasteiger partial charge in [0.2, 0.25) is 5.78 Å². The molecule has 0 saturated heterocycles. The second kappa shape index (κ2) is 5.43. The normalized spacial score (nSPS) is 23.1. The molecule has 0 unspecified atom stereocenters. The summed E-state index contributed by atoms with van der Waals surface area (Å²) in [6.07, 6.45) is 5.66. The molecule has 1 saturated carbocycles. The fraction of sp³-hybridized carbons (Fsp3) is 0.500. The van der Waals surface area contributed by atoms with E-state index in [4.69, 9.17) is 4.42 Å². The number of hydrogen-bond donors (Lipinski definition) is 0. The lowest BCUT2D eigenvalue weighted by Crippen LogP contribution is -2.21. The number of para-hydroxylation sites is 1. The first-order chi connectivity index (χ1) is 9.69. The molecule has 3 rings (SSSR count). The molecular weight excluding hydrogens is 248 g/mol. The van der Waals surface area contributed by atoms with E-state index >= 15 is 0 Å². The van der Waals surface area contributed by atoms with Crippen LogP contribution in [0.4, 0.5) is 0 Å². The Hall–Kier alpha value is -1.57. The first kappa shape index (κ1) is 13.4. The molecule has 0 N–H and O–H groups in total. The minimum absolute atomic E-state index is 0.165. The van der Waals surface area contributed by atoms with Gasteiger partial charge in [0.25, 0.3) is 0 Å². The van der Waals surface area contributed by atoms with Crippen molar-refractivity contribution in [3.05, 3.63) is 35.6 Å². The van der Waals surface area contributed by atoms with Crippen molar-refractivity contribution in [2.24, 2.45) is 11.8 Å². The maximum absolute atomic E-state index is 12.6. The van der Waals surface area contributed by atoms with Crippen LogP contribution in [0.25, 0.3) is 11.0 Å². The van der Waals surface area contributed by atoms with E-state index in [-0.39, 0.29) is 11.7 Å². The van der Waals surface area contributed by atoms with E-state index in [0.29, 0.717) is 5.76 Å². The average molecular weight is 270 g/mol. The Morgan fingerprint density at radius 3 is 2.65 bits per heavy atom. The molecule has 1 aliphatic carbocycles. The zero-order valence-electron chi connectivity index (χ0n) is 12.3. The third-order valence-corrected chi connectivity index (χ3v) is 4.78. The van der Waals surface area contributed by atoms with Crippen LogP contribution < -0.4 is 0 Å². The smallest absolute Gasteiger partial charge is 0.201 e. The third-order valence-electron chi connectivity index (χ3n) is 4.78. The van der Waals surface area contributed by atoms with Crippen molar-refractivity contribution in [3.8, 4) is 0 Å². The number of ketones is 1. The van der Waals surface area contributed by atoms with E-state index in [1.165, 1.54) is 19.3 Å². The summed E-state index contributed by atoms with van der Waals surface area (Å²) in [5.41, 5.74) is 1.95. The van der Waals surface area contributed by atoms with Gasteiger partial charge in [-0.15, -0.1) is 0 Å². The third kappa shape index (κ3) is 2.39. The van der Waals surface area contributed by atoms with Gasteiger partial charge in [0.05, 0.1) is 0 Å². The van der Waals surface area contributed by atoms with Gasteiger partial charge in [-0.3, -0.25) is 4.79 Å². The zero-order chi connectivity index (χ0) is 14.1. The van der Waals surface area contributed by atoms with Crippen molar-refractivity contribution < 1.29 is 9.21 Å². The maximum Gasteiger partial charge on any atom is 0.201 e. The number of fused-ring (bicyclic) bond motifs is 1. The Balaban J connectivity index is 1.81. The standard InChI is InChI=1S/C18H22O2/c1-3-13-7-9-14(10-8-13)17(19)16-11-15-6-4-5-12(2)18(15)20-16/h4-6,11,13-14H,3,7-10H2,1-2H3. The van der Waals surface area contributed by atoms with Crippen LogP contribution >= 0.6 is 0 Å². The number of carbonyl (C=O) groups is 1. The van der Waals surface area contributed by atoms with E-state index in [2.05, 4.69) is 6.92 Å². The van der Waals surface area contributed by atoms with Crippen LogP contribution in [0, 0.1) is 18.8 Å². The van der Waals surface area contributed by atoms with Gasteiger partial charge in [-0.25, -0.2) is 0 Å². The van der Waals surface area contributed by atoms with Crippen LogP contribution in [-0.4, -0.2) is 5.78 Å². The summed E-state index contributed by atoms with van der Waals surface area (Å²) >= 11 is 0. The largest absolute Gasteiger partial charge is 0.453 e. The minimum Gasteiger partial charge on any atom is -0.453 e. The molecule has 20 heavy (non-hydrogen) atoms. The highest BCUT2D eigenvalue weighted by Gasteiger charge is 2.28. The average Bonchev–Trinajstić information content (AvgIpc) is 2.92. The topological polar surface area (TPSA) is 30.2 Å². The molecule has 2 nitrogen and oxygen atoms in total. The van der Waals surface area contributed by atoms with Gasteiger partial charge in [0.1, 0.15) is 5.58 Å². The highest BCUT2D eigenvalue weighted by molar-refractivity contribution is 5.99. The number of Topliss-reactive ketones (excluding diaryl/α,β-unsaturated/α-hetero) is 1. The maximum atomic E-state index is 12.6. The summed E-state index contributed by atoms with van der Waals surface area (Å²) < 4.78 is 5.82. The second-order valence-electron chi connectivity index (χ2n) is 6.09. The second-order valence-corrected chi connectivity index (χ2v) is 6.09. The zero-order valence-corrected chi connectivity index (χ0v) is 12.3. The quantitative estimate of drug-likeness (QED) is 0.723. The molecule has 0 radical (unpaired) electrons. The monoisotopic (exact) mass is 270 g/mol. The molecule has 0 aliphatic heterocycles. The van der Waals surface area contributed by atoms with Crippen LogP contribution in [-0.2, 0) is 0 Å². The number of carbonyl (C=O) groups excluding carboxylic acids is 1. The summed E-state index contributed by atoms with van der Waals surface area (Å²) in [4.78, 5) is 12.6. The molecule has 1 aromatic heterocycles. The number of rotatable bonds is 3. The first-order valence-electron chi connectivity index (χ1n) is 7.72. The number of hydrogen-bond acceptors (Lipinski definition) is 2. The summed E-state index contributed by atoms with van der Waals surface area (Å²) in [5.74, 6) is 1.74. The molecule has 0 atom stereocenters. The summed E-state index contributed by atoms with van der Waals surface area (Å²) in [6, 6.07) is 7.95. The van der Waals surface area contributed by atoms with E-state index in [0.717, 1.165) is 35.3 Å². The molecule has 2 heteroatoms. The molecule has 1 heterocycles. The van der Waals surface area contributed by atoms with Crippen LogP contribution in [0.15, 0.2) is 28.7 Å². The van der Waals surface area contributed by atoms with E-state index in [1.54, 1.807) is 0 Å². The summed E-state index contributed by atoms with van der Waals surface area (Å²) in [7, 11) is 0. The van der Waals surface area contributed by atoms with E-state index in [9.17, 15) is 4.79 Å². The van der Waals surface area contributed by atoms with Crippen molar-refractivity contribution in [1.82, 2.24) is 0 Å². The van der Waals surface area contributed by atoms with Crippen LogP contribution in [0.1, 0.15) is 55.1 Å². The lowest BCUT2D eigenvalue weighted by molar-refractivity contribution is 0.0844. The number of benzene rings is 1. The van der Waals surface area contributed by atoms with Crippen molar-refractivity contribution in [1.29, 1.82) is 0 Å². The van der Waals surface area contributed by atoms with Gasteiger partial charge in [-0.05, 0) is 50.2 Å². The SMILES string of the molecule is CCC1CCC(C(=O)c2cc3cccc(C)c3o2)CC1. The Labute approximate surface area is 120 Å². The summed E-state index contributed by atoms with van der Waals surface area (Å²) in [6.45, 7) is 4.27. The molecule has 0 spiro atoms. The molecule has 106 valence electrons. The number of aryl methyl sites for hydroxylation is 1. The Morgan fingerprint density at radius 1 is 1.25 bits per heavy atom. The molecule has 0 bridgehead atoms. The minimum atomic E-state index is 0.165. The van der Waals surface area contributed by atoms with E-state index in [1.807, 2.05) is 31.2 Å². The van der Waals surface area contributed by atoms with Gasteiger partial charge in [0, 0.05) is 11.3 Å². The van der Waals surface area contributed by atoms with E-state index < -0.39 is 0 Å². The summed E-state index contributed by atoms with van der Waals surface area (Å²) in [5, 5.41) is 1.04. The highest BCUT2D eigenvalue weighted by Crippen LogP contribution is 2.34. The fourth-order valence-electron chi connectivity index (χ4n) is 3.36. The Kier molecular flexibility index (Phi) is 3.64. The predicted octanol–water partition coefficient (Wildman–Crippen LogP) is 5.14.